The number of likely N-dealkylation sites (tertiary alicyclic amines) is 1. The summed E-state index contributed by atoms with van der Waals surface area (Å²) in [5, 5.41) is 0. The van der Waals surface area contributed by atoms with Gasteiger partial charge in [0.1, 0.15) is 0 Å². The first-order valence-electron chi connectivity index (χ1n) is 9.24. The minimum Gasteiger partial charge on any atom is -0.381 e. The van der Waals surface area contributed by atoms with E-state index in [0.717, 1.165) is 26.4 Å². The average molecular weight is 317 g/mol. The molecule has 0 saturated carbocycles. The molecular weight excluding hydrogens is 286 g/mol. The molecule has 2 fully saturated rings. The molecule has 0 unspecified atom stereocenters. The van der Waals surface area contributed by atoms with Gasteiger partial charge >= 0.3 is 0 Å². The molecule has 1 aromatic rings. The van der Waals surface area contributed by atoms with Gasteiger partial charge in [0.05, 0.1) is 13.2 Å². The summed E-state index contributed by atoms with van der Waals surface area (Å²) in [5.74, 6) is 0.590. The Morgan fingerprint density at radius 3 is 2.70 bits per heavy atom. The van der Waals surface area contributed by atoms with E-state index < -0.39 is 0 Å². The quantitative estimate of drug-likeness (QED) is 0.803. The molecule has 2 heterocycles. The maximum Gasteiger partial charge on any atom is 0.0521 e. The number of hydrogen-bond donors (Lipinski definition) is 0. The highest BCUT2D eigenvalue weighted by Gasteiger charge is 2.43. The summed E-state index contributed by atoms with van der Waals surface area (Å²) < 4.78 is 11.5. The monoisotopic (exact) mass is 317 g/mol. The van der Waals surface area contributed by atoms with Gasteiger partial charge in [0, 0.05) is 25.7 Å². The second-order valence-corrected chi connectivity index (χ2v) is 7.12. The van der Waals surface area contributed by atoms with Crippen molar-refractivity contribution in [2.75, 3.05) is 46.1 Å². The largest absolute Gasteiger partial charge is 0.381 e. The fourth-order valence-corrected chi connectivity index (χ4v) is 4.18. The van der Waals surface area contributed by atoms with E-state index in [0.29, 0.717) is 11.3 Å². The lowest BCUT2D eigenvalue weighted by Crippen LogP contribution is -2.49. The lowest BCUT2D eigenvalue weighted by Gasteiger charge is -2.49. The zero-order valence-corrected chi connectivity index (χ0v) is 14.5. The molecule has 128 valence electrons. The Morgan fingerprint density at radius 1 is 1.17 bits per heavy atom. The molecule has 3 nitrogen and oxygen atoms in total. The van der Waals surface area contributed by atoms with Crippen molar-refractivity contribution < 1.29 is 9.47 Å². The summed E-state index contributed by atoms with van der Waals surface area (Å²) in [6.07, 6.45) is 5.00. The summed E-state index contributed by atoms with van der Waals surface area (Å²) in [6, 6.07) is 10.9. The minimum atomic E-state index is 0.469. The van der Waals surface area contributed by atoms with Gasteiger partial charge in [-0.2, -0.15) is 0 Å². The van der Waals surface area contributed by atoms with Crippen LogP contribution in [0.25, 0.3) is 0 Å². The number of benzene rings is 1. The van der Waals surface area contributed by atoms with Gasteiger partial charge in [-0.05, 0) is 56.7 Å². The molecule has 23 heavy (non-hydrogen) atoms. The van der Waals surface area contributed by atoms with Crippen LogP contribution < -0.4 is 0 Å². The lowest BCUT2D eigenvalue weighted by atomic mass is 9.66. The molecular formula is C20H31NO2. The molecule has 2 aliphatic rings. The molecule has 0 aromatic heterocycles. The second kappa shape index (κ2) is 8.27. The van der Waals surface area contributed by atoms with Gasteiger partial charge in [0.25, 0.3) is 0 Å². The maximum absolute atomic E-state index is 5.75. The lowest BCUT2D eigenvalue weighted by molar-refractivity contribution is -0.0985. The van der Waals surface area contributed by atoms with E-state index in [1.54, 1.807) is 0 Å². The highest BCUT2D eigenvalue weighted by Crippen LogP contribution is 2.44. The Bertz CT molecular complexity index is 454. The van der Waals surface area contributed by atoms with E-state index in [1.807, 2.05) is 0 Å². The van der Waals surface area contributed by atoms with E-state index in [9.17, 15) is 0 Å². The Morgan fingerprint density at radius 2 is 1.96 bits per heavy atom. The highest BCUT2D eigenvalue weighted by atomic mass is 16.5. The van der Waals surface area contributed by atoms with Crippen molar-refractivity contribution in [3.8, 4) is 0 Å². The van der Waals surface area contributed by atoms with E-state index in [2.05, 4.69) is 42.2 Å². The molecule has 3 rings (SSSR count). The molecule has 0 N–H and O–H groups in total. The van der Waals surface area contributed by atoms with Gasteiger partial charge in [-0.25, -0.2) is 0 Å². The van der Waals surface area contributed by atoms with Crippen molar-refractivity contribution in [2.24, 2.45) is 11.3 Å². The fourth-order valence-electron chi connectivity index (χ4n) is 4.18. The van der Waals surface area contributed by atoms with Gasteiger partial charge in [-0.15, -0.1) is 0 Å². The molecule has 3 heteroatoms. The van der Waals surface area contributed by atoms with Crippen LogP contribution in [0.3, 0.4) is 0 Å². The zero-order valence-electron chi connectivity index (χ0n) is 14.5. The maximum atomic E-state index is 5.75. The van der Waals surface area contributed by atoms with Crippen molar-refractivity contribution in [3.05, 3.63) is 35.9 Å². The first-order valence-corrected chi connectivity index (χ1v) is 9.24. The molecule has 2 saturated heterocycles. The third-order valence-electron chi connectivity index (χ3n) is 5.86. The zero-order chi connectivity index (χ0) is 16.0. The van der Waals surface area contributed by atoms with Crippen LogP contribution in [0.4, 0.5) is 0 Å². The first-order chi connectivity index (χ1) is 11.3. The molecule has 0 aliphatic carbocycles. The van der Waals surface area contributed by atoms with Gasteiger partial charge < -0.3 is 14.4 Å². The van der Waals surface area contributed by atoms with Gasteiger partial charge in [0.2, 0.25) is 0 Å². The van der Waals surface area contributed by atoms with Crippen molar-refractivity contribution in [1.29, 1.82) is 0 Å². The van der Waals surface area contributed by atoms with Crippen LogP contribution in [-0.4, -0.2) is 51.0 Å². The van der Waals surface area contributed by atoms with Crippen LogP contribution in [0.15, 0.2) is 30.3 Å². The van der Waals surface area contributed by atoms with Gasteiger partial charge in [-0.1, -0.05) is 30.3 Å². The van der Waals surface area contributed by atoms with E-state index in [-0.39, 0.29) is 0 Å². The predicted molar refractivity (Wildman–Crippen MR) is 93.7 cm³/mol. The number of rotatable bonds is 6. The van der Waals surface area contributed by atoms with E-state index in [4.69, 9.17) is 9.47 Å². The van der Waals surface area contributed by atoms with Crippen molar-refractivity contribution >= 4 is 0 Å². The second-order valence-electron chi connectivity index (χ2n) is 7.12. The Labute approximate surface area is 141 Å². The molecule has 1 aromatic carbocycles. The normalized spacial score (nSPS) is 24.8. The van der Waals surface area contributed by atoms with Gasteiger partial charge in [0.15, 0.2) is 0 Å². The Kier molecular flexibility index (Phi) is 6.09. The highest BCUT2D eigenvalue weighted by molar-refractivity contribution is 5.14. The summed E-state index contributed by atoms with van der Waals surface area (Å²) in [6.45, 7) is 9.26. The van der Waals surface area contributed by atoms with Crippen molar-refractivity contribution in [2.45, 2.75) is 32.6 Å². The van der Waals surface area contributed by atoms with Crippen LogP contribution in [0.5, 0.6) is 0 Å². The first kappa shape index (κ1) is 16.9. The van der Waals surface area contributed by atoms with Crippen LogP contribution in [0.2, 0.25) is 0 Å². The third kappa shape index (κ3) is 4.34. The molecule has 0 amide bonds. The van der Waals surface area contributed by atoms with Crippen molar-refractivity contribution in [1.82, 2.24) is 4.90 Å². The molecule has 2 aliphatic heterocycles. The van der Waals surface area contributed by atoms with Gasteiger partial charge in [-0.3, -0.25) is 0 Å². The Hall–Kier alpha value is -0.900. The Balaban J connectivity index is 1.50. The predicted octanol–water partition coefficient (Wildman–Crippen LogP) is 3.38. The summed E-state index contributed by atoms with van der Waals surface area (Å²) in [7, 11) is 0. The topological polar surface area (TPSA) is 21.7 Å². The number of nitrogens with zero attached hydrogens (tertiary/aromatic N) is 1. The van der Waals surface area contributed by atoms with Crippen LogP contribution in [0, 0.1) is 11.3 Å². The van der Waals surface area contributed by atoms with Crippen molar-refractivity contribution in [3.63, 3.8) is 0 Å². The summed E-state index contributed by atoms with van der Waals surface area (Å²) in [4.78, 5) is 2.64. The summed E-state index contributed by atoms with van der Waals surface area (Å²) in [5.41, 5.74) is 1.92. The molecule has 1 spiro atoms. The summed E-state index contributed by atoms with van der Waals surface area (Å²) >= 11 is 0. The third-order valence-corrected chi connectivity index (χ3v) is 5.86. The van der Waals surface area contributed by atoms with E-state index in [1.165, 1.54) is 50.9 Å². The molecule has 0 bridgehead atoms. The number of hydrogen-bond acceptors (Lipinski definition) is 3. The van der Waals surface area contributed by atoms with E-state index >= 15 is 0 Å². The standard InChI is InChI=1S/C20H31NO2/c1-2-22-16-19-17-23-15-11-20(19)9-13-21(14-10-20)12-8-18-6-4-3-5-7-18/h3-7,19H,2,8-17H2,1H3/t19-/m1/s1. The molecule has 1 atom stereocenters. The average Bonchev–Trinajstić information content (AvgIpc) is 2.62. The molecule has 0 radical (unpaired) electrons. The number of piperidine rings is 1. The van der Waals surface area contributed by atoms with Crippen LogP contribution in [-0.2, 0) is 15.9 Å². The smallest absolute Gasteiger partial charge is 0.0521 e. The number of ether oxygens (including phenoxy) is 2. The minimum absolute atomic E-state index is 0.469. The van der Waals surface area contributed by atoms with Crippen LogP contribution >= 0.6 is 0 Å². The SMILES string of the molecule is CCOC[C@@H]1COCCC12CCN(CCc1ccccc1)CC2. The van der Waals surface area contributed by atoms with Crippen LogP contribution in [0.1, 0.15) is 31.7 Å². The fraction of sp³-hybridized carbons (Fsp3) is 0.700.